The summed E-state index contributed by atoms with van der Waals surface area (Å²) in [7, 11) is -3.42. The molecule has 0 saturated carbocycles. The normalized spacial score (nSPS) is 23.3. The van der Waals surface area contributed by atoms with Crippen LogP contribution in [0.25, 0.3) is 0 Å². The predicted octanol–water partition coefficient (Wildman–Crippen LogP) is 4.86. The molecule has 130 valence electrons. The molecule has 0 bridgehead atoms. The average Bonchev–Trinajstić information content (AvgIpc) is 2.58. The first-order valence-corrected chi connectivity index (χ1v) is 10.8. The topological polar surface area (TPSA) is 37.4 Å². The van der Waals surface area contributed by atoms with Crippen LogP contribution in [-0.2, 0) is 10.0 Å². The van der Waals surface area contributed by atoms with Crippen molar-refractivity contribution in [2.75, 3.05) is 13.1 Å². The summed E-state index contributed by atoms with van der Waals surface area (Å²) >= 11 is 9.76. The van der Waals surface area contributed by atoms with Gasteiger partial charge in [0.05, 0.1) is 4.90 Å². The third-order valence-corrected chi connectivity index (χ3v) is 8.08. The third kappa shape index (κ3) is 3.64. The fourth-order valence-electron chi connectivity index (χ4n) is 3.42. The third-order valence-electron chi connectivity index (χ3n) is 4.88. The molecule has 1 aromatic carbocycles. The molecule has 1 aromatic rings. The Labute approximate surface area is 157 Å². The zero-order valence-electron chi connectivity index (χ0n) is 13.6. The van der Waals surface area contributed by atoms with E-state index in [0.29, 0.717) is 23.9 Å². The highest BCUT2D eigenvalue weighted by atomic mass is 79.9. The van der Waals surface area contributed by atoms with E-state index in [1.807, 2.05) is 6.92 Å². The zero-order chi connectivity index (χ0) is 17.3. The molecular formula is C18H21BrClNO2S. The summed E-state index contributed by atoms with van der Waals surface area (Å²) < 4.78 is 28.2. The molecule has 0 aromatic heterocycles. The summed E-state index contributed by atoms with van der Waals surface area (Å²) in [6.07, 6.45) is 8.95. The molecule has 2 aliphatic rings. The number of piperidine rings is 1. The van der Waals surface area contributed by atoms with Crippen molar-refractivity contribution in [2.45, 2.75) is 31.1 Å². The highest BCUT2D eigenvalue weighted by Crippen LogP contribution is 2.36. The van der Waals surface area contributed by atoms with Crippen LogP contribution in [-0.4, -0.2) is 25.8 Å². The standard InChI is InChI=1S/C18H21BrClNO2S/c1-13-12-15(6-7-17(13)19)24(22,23)21-10-8-14(9-11-21)16-4-2-3-5-18(16)20/h2,4-7,12,14,16H,3,8-11H2,1H3. The van der Waals surface area contributed by atoms with Crippen LogP contribution in [0, 0.1) is 18.8 Å². The van der Waals surface area contributed by atoms with E-state index in [0.717, 1.165) is 34.3 Å². The predicted molar refractivity (Wildman–Crippen MR) is 102 cm³/mol. The molecule has 1 fully saturated rings. The zero-order valence-corrected chi connectivity index (χ0v) is 16.7. The number of sulfonamides is 1. The van der Waals surface area contributed by atoms with E-state index < -0.39 is 10.0 Å². The van der Waals surface area contributed by atoms with Crippen molar-refractivity contribution < 1.29 is 8.42 Å². The summed E-state index contributed by atoms with van der Waals surface area (Å²) in [5.74, 6) is 0.670. The van der Waals surface area contributed by atoms with E-state index in [4.69, 9.17) is 11.6 Å². The van der Waals surface area contributed by atoms with Gasteiger partial charge >= 0.3 is 0 Å². The molecule has 0 spiro atoms. The fourth-order valence-corrected chi connectivity index (χ4v) is 5.56. The fraction of sp³-hybridized carbons (Fsp3) is 0.444. The van der Waals surface area contributed by atoms with Gasteiger partial charge in [0.2, 0.25) is 10.0 Å². The largest absolute Gasteiger partial charge is 0.243 e. The van der Waals surface area contributed by atoms with E-state index in [2.05, 4.69) is 34.2 Å². The van der Waals surface area contributed by atoms with Crippen molar-refractivity contribution in [3.63, 3.8) is 0 Å². The molecule has 1 atom stereocenters. The average molecular weight is 431 g/mol. The van der Waals surface area contributed by atoms with Crippen LogP contribution in [0.1, 0.15) is 24.8 Å². The Balaban J connectivity index is 1.71. The number of hydrogen-bond donors (Lipinski definition) is 0. The van der Waals surface area contributed by atoms with Crippen molar-refractivity contribution in [3.8, 4) is 0 Å². The van der Waals surface area contributed by atoms with Crippen molar-refractivity contribution >= 4 is 37.6 Å². The number of benzene rings is 1. The molecule has 1 heterocycles. The second-order valence-corrected chi connectivity index (χ2v) is 9.66. The Morgan fingerprint density at radius 2 is 1.96 bits per heavy atom. The maximum Gasteiger partial charge on any atom is 0.243 e. The van der Waals surface area contributed by atoms with Gasteiger partial charge in [-0.05, 0) is 55.9 Å². The van der Waals surface area contributed by atoms with Crippen molar-refractivity contribution in [3.05, 3.63) is 51.5 Å². The van der Waals surface area contributed by atoms with E-state index >= 15 is 0 Å². The minimum Gasteiger partial charge on any atom is -0.207 e. The van der Waals surface area contributed by atoms with E-state index in [9.17, 15) is 8.42 Å². The SMILES string of the molecule is Cc1cc(S(=O)(=O)N2CCC(C3C=CCC=C3Cl)CC2)ccc1Br. The van der Waals surface area contributed by atoms with Gasteiger partial charge in [-0.1, -0.05) is 45.8 Å². The van der Waals surface area contributed by atoms with Gasteiger partial charge in [0.15, 0.2) is 0 Å². The van der Waals surface area contributed by atoms with Crippen LogP contribution in [0.5, 0.6) is 0 Å². The highest BCUT2D eigenvalue weighted by molar-refractivity contribution is 9.10. The van der Waals surface area contributed by atoms with Gasteiger partial charge in [-0.3, -0.25) is 0 Å². The van der Waals surface area contributed by atoms with Gasteiger partial charge in [0, 0.05) is 28.5 Å². The van der Waals surface area contributed by atoms with Crippen molar-refractivity contribution in [2.24, 2.45) is 11.8 Å². The molecule has 3 nitrogen and oxygen atoms in total. The Morgan fingerprint density at radius 3 is 2.58 bits per heavy atom. The van der Waals surface area contributed by atoms with Crippen LogP contribution in [0.4, 0.5) is 0 Å². The number of rotatable bonds is 3. The maximum atomic E-state index is 12.9. The molecule has 1 unspecified atom stereocenters. The molecule has 0 amide bonds. The van der Waals surface area contributed by atoms with Crippen LogP contribution in [0.2, 0.25) is 0 Å². The summed E-state index contributed by atoms with van der Waals surface area (Å²) in [4.78, 5) is 0.372. The molecule has 24 heavy (non-hydrogen) atoms. The molecule has 0 radical (unpaired) electrons. The number of aryl methyl sites for hydroxylation is 1. The first-order chi connectivity index (χ1) is 11.4. The smallest absolute Gasteiger partial charge is 0.207 e. The Hall–Kier alpha value is -0.620. The Kier molecular flexibility index (Phi) is 5.55. The summed E-state index contributed by atoms with van der Waals surface area (Å²) in [6, 6.07) is 5.20. The van der Waals surface area contributed by atoms with Crippen LogP contribution in [0.15, 0.2) is 50.8 Å². The molecular weight excluding hydrogens is 410 g/mol. The molecule has 0 N–H and O–H groups in total. The first kappa shape index (κ1) is 18.2. The number of nitrogens with zero attached hydrogens (tertiary/aromatic N) is 1. The Bertz CT molecular complexity index is 780. The van der Waals surface area contributed by atoms with Crippen LogP contribution < -0.4 is 0 Å². The van der Waals surface area contributed by atoms with Crippen LogP contribution in [0.3, 0.4) is 0 Å². The first-order valence-electron chi connectivity index (χ1n) is 8.18. The van der Waals surface area contributed by atoms with Crippen molar-refractivity contribution in [1.82, 2.24) is 4.31 Å². The van der Waals surface area contributed by atoms with Gasteiger partial charge in [-0.25, -0.2) is 8.42 Å². The van der Waals surface area contributed by atoms with Gasteiger partial charge in [0.1, 0.15) is 0 Å². The second-order valence-electron chi connectivity index (χ2n) is 6.43. The number of halogens is 2. The van der Waals surface area contributed by atoms with E-state index in [1.54, 1.807) is 22.5 Å². The molecule has 1 aliphatic heterocycles. The number of hydrogen-bond acceptors (Lipinski definition) is 2. The second kappa shape index (κ2) is 7.32. The lowest BCUT2D eigenvalue weighted by molar-refractivity contribution is 0.248. The molecule has 6 heteroatoms. The lowest BCUT2D eigenvalue weighted by Crippen LogP contribution is -2.40. The van der Waals surface area contributed by atoms with Crippen molar-refractivity contribution in [1.29, 1.82) is 0 Å². The Morgan fingerprint density at radius 1 is 1.25 bits per heavy atom. The summed E-state index contributed by atoms with van der Waals surface area (Å²) in [5.41, 5.74) is 0.926. The lowest BCUT2D eigenvalue weighted by atomic mass is 9.82. The monoisotopic (exact) mass is 429 g/mol. The summed E-state index contributed by atoms with van der Waals surface area (Å²) in [6.45, 7) is 3.01. The molecule has 1 saturated heterocycles. The quantitative estimate of drug-likeness (QED) is 0.642. The molecule has 3 rings (SSSR count). The summed E-state index contributed by atoms with van der Waals surface area (Å²) in [5, 5.41) is 0.905. The minimum absolute atomic E-state index is 0.250. The molecule has 1 aliphatic carbocycles. The van der Waals surface area contributed by atoms with E-state index in [-0.39, 0.29) is 5.92 Å². The minimum atomic E-state index is -3.42. The number of allylic oxidation sites excluding steroid dienone is 4. The van der Waals surface area contributed by atoms with Gasteiger partial charge in [-0.15, -0.1) is 0 Å². The lowest BCUT2D eigenvalue weighted by Gasteiger charge is -2.35. The van der Waals surface area contributed by atoms with Crippen LogP contribution >= 0.6 is 27.5 Å². The van der Waals surface area contributed by atoms with Gasteiger partial charge < -0.3 is 0 Å². The van der Waals surface area contributed by atoms with Gasteiger partial charge in [-0.2, -0.15) is 4.31 Å². The highest BCUT2D eigenvalue weighted by Gasteiger charge is 2.33. The van der Waals surface area contributed by atoms with Gasteiger partial charge in [0.25, 0.3) is 0 Å². The maximum absolute atomic E-state index is 12.9. The van der Waals surface area contributed by atoms with E-state index in [1.165, 1.54) is 0 Å².